The fourth-order valence-corrected chi connectivity index (χ4v) is 2.43. The van der Waals surface area contributed by atoms with Crippen LogP contribution in [-0.4, -0.2) is 18.8 Å². The Morgan fingerprint density at radius 1 is 1.24 bits per heavy atom. The number of benzene rings is 2. The average molecular weight is 305 g/mol. The van der Waals surface area contributed by atoms with Crippen LogP contribution in [0.1, 0.15) is 5.56 Å². The molecule has 0 spiro atoms. The van der Waals surface area contributed by atoms with E-state index in [4.69, 9.17) is 4.74 Å². The highest BCUT2D eigenvalue weighted by molar-refractivity contribution is 8.00. The molecule has 2 rings (SSSR count). The number of carbonyl (C=O) groups is 1. The number of methoxy groups -OCH3 is 1. The molecule has 0 aliphatic carbocycles. The van der Waals surface area contributed by atoms with Crippen LogP contribution in [0.2, 0.25) is 0 Å². The van der Waals surface area contributed by atoms with Crippen LogP contribution < -0.4 is 10.1 Å². The Morgan fingerprint density at radius 3 is 2.57 bits per heavy atom. The van der Waals surface area contributed by atoms with E-state index >= 15 is 0 Å². The van der Waals surface area contributed by atoms with Gasteiger partial charge in [-0.05, 0) is 48.9 Å². The van der Waals surface area contributed by atoms with Crippen molar-refractivity contribution in [1.29, 1.82) is 0 Å². The molecule has 2 aromatic rings. The Bertz CT molecular complexity index is 629. The number of anilines is 1. The number of carbonyl (C=O) groups excluding carboxylic acids is 1. The van der Waals surface area contributed by atoms with Gasteiger partial charge in [0.1, 0.15) is 11.6 Å². The molecule has 0 heterocycles. The Morgan fingerprint density at radius 2 is 1.95 bits per heavy atom. The summed E-state index contributed by atoms with van der Waals surface area (Å²) >= 11 is 1.39. The number of halogens is 1. The molecule has 0 aliphatic rings. The number of nitrogens with one attached hydrogen (secondary N) is 1. The molecule has 0 aromatic heterocycles. The van der Waals surface area contributed by atoms with Gasteiger partial charge < -0.3 is 10.1 Å². The summed E-state index contributed by atoms with van der Waals surface area (Å²) in [5, 5.41) is 2.57. The maximum atomic E-state index is 13.6. The van der Waals surface area contributed by atoms with Crippen molar-refractivity contribution < 1.29 is 13.9 Å². The van der Waals surface area contributed by atoms with Crippen LogP contribution in [0.5, 0.6) is 5.75 Å². The monoisotopic (exact) mass is 305 g/mol. The summed E-state index contributed by atoms with van der Waals surface area (Å²) in [5.41, 5.74) is 1.03. The minimum absolute atomic E-state index is 0.209. The first-order valence-electron chi connectivity index (χ1n) is 6.41. The molecule has 21 heavy (non-hydrogen) atoms. The van der Waals surface area contributed by atoms with Gasteiger partial charge in [-0.2, -0.15) is 0 Å². The molecule has 0 unspecified atom stereocenters. The summed E-state index contributed by atoms with van der Waals surface area (Å²) < 4.78 is 18.7. The lowest BCUT2D eigenvalue weighted by Gasteiger charge is -2.07. The van der Waals surface area contributed by atoms with Gasteiger partial charge in [0.05, 0.1) is 18.6 Å². The van der Waals surface area contributed by atoms with Crippen LogP contribution in [0, 0.1) is 12.7 Å². The number of hydrogen-bond donors (Lipinski definition) is 1. The minimum Gasteiger partial charge on any atom is -0.497 e. The molecule has 3 nitrogen and oxygen atoms in total. The summed E-state index contributed by atoms with van der Waals surface area (Å²) in [6, 6.07) is 12.1. The predicted octanol–water partition coefficient (Wildman–Crippen LogP) is 3.87. The number of aryl methyl sites for hydroxylation is 1. The van der Waals surface area contributed by atoms with Crippen molar-refractivity contribution in [1.82, 2.24) is 0 Å². The summed E-state index contributed by atoms with van der Waals surface area (Å²) in [6.45, 7) is 1.80. The van der Waals surface area contributed by atoms with E-state index in [0.29, 0.717) is 0 Å². The Kier molecular flexibility index (Phi) is 5.22. The average Bonchev–Trinajstić information content (AvgIpc) is 2.48. The van der Waals surface area contributed by atoms with E-state index in [9.17, 15) is 9.18 Å². The molecule has 1 amide bonds. The molecule has 5 heteroatoms. The van der Waals surface area contributed by atoms with Crippen LogP contribution in [0.25, 0.3) is 0 Å². The third-order valence-corrected chi connectivity index (χ3v) is 3.84. The Hall–Kier alpha value is -2.01. The molecule has 1 N–H and O–H groups in total. The second-order valence-corrected chi connectivity index (χ2v) is 5.54. The minimum atomic E-state index is -0.419. The van der Waals surface area contributed by atoms with Crippen molar-refractivity contribution in [2.75, 3.05) is 18.2 Å². The van der Waals surface area contributed by atoms with Crippen LogP contribution in [0.4, 0.5) is 10.1 Å². The lowest BCUT2D eigenvalue weighted by atomic mass is 10.2. The van der Waals surface area contributed by atoms with Gasteiger partial charge in [-0.25, -0.2) is 4.39 Å². The van der Waals surface area contributed by atoms with Gasteiger partial charge in [0.15, 0.2) is 0 Å². The zero-order valence-electron chi connectivity index (χ0n) is 11.9. The molecule has 0 saturated heterocycles. The number of rotatable bonds is 5. The first-order chi connectivity index (χ1) is 10.1. The van der Waals surface area contributed by atoms with E-state index in [1.807, 2.05) is 24.3 Å². The van der Waals surface area contributed by atoms with E-state index in [2.05, 4.69) is 5.32 Å². The fourth-order valence-electron chi connectivity index (χ4n) is 1.73. The highest BCUT2D eigenvalue weighted by atomic mass is 32.2. The van der Waals surface area contributed by atoms with Crippen molar-refractivity contribution >= 4 is 23.4 Å². The van der Waals surface area contributed by atoms with Gasteiger partial charge in [0, 0.05) is 4.90 Å². The van der Waals surface area contributed by atoms with E-state index in [-0.39, 0.29) is 17.3 Å². The fraction of sp³-hybridized carbons (Fsp3) is 0.188. The molecule has 0 saturated carbocycles. The van der Waals surface area contributed by atoms with Gasteiger partial charge in [-0.1, -0.05) is 6.07 Å². The van der Waals surface area contributed by atoms with Gasteiger partial charge in [-0.3, -0.25) is 4.79 Å². The summed E-state index contributed by atoms with van der Waals surface area (Å²) in [5.74, 6) is 0.335. The Balaban J connectivity index is 1.89. The number of ether oxygens (including phenoxy) is 1. The molecule has 0 aliphatic heterocycles. The van der Waals surface area contributed by atoms with Crippen LogP contribution in [0.15, 0.2) is 47.4 Å². The van der Waals surface area contributed by atoms with Crippen molar-refractivity contribution in [2.45, 2.75) is 11.8 Å². The Labute approximate surface area is 127 Å². The van der Waals surface area contributed by atoms with Gasteiger partial charge >= 0.3 is 0 Å². The second-order valence-electron chi connectivity index (χ2n) is 4.50. The lowest BCUT2D eigenvalue weighted by molar-refractivity contribution is -0.113. The molecule has 0 fully saturated rings. The number of amides is 1. The standard InChI is InChI=1S/C16H16FNO2S/c1-11-3-8-15(14(17)9-11)18-16(19)10-21-13-6-4-12(20-2)5-7-13/h3-9H,10H2,1-2H3,(H,18,19). The van der Waals surface area contributed by atoms with Crippen molar-refractivity contribution in [3.05, 3.63) is 53.8 Å². The summed E-state index contributed by atoms with van der Waals surface area (Å²) in [4.78, 5) is 12.8. The zero-order chi connectivity index (χ0) is 15.2. The molecular weight excluding hydrogens is 289 g/mol. The zero-order valence-corrected chi connectivity index (χ0v) is 12.7. The molecule has 0 atom stereocenters. The van der Waals surface area contributed by atoms with E-state index in [1.54, 1.807) is 26.2 Å². The number of hydrogen-bond acceptors (Lipinski definition) is 3. The molecule has 0 radical (unpaired) electrons. The van der Waals surface area contributed by atoms with Crippen molar-refractivity contribution in [3.8, 4) is 5.75 Å². The van der Waals surface area contributed by atoms with E-state index < -0.39 is 5.82 Å². The topological polar surface area (TPSA) is 38.3 Å². The van der Waals surface area contributed by atoms with Gasteiger partial charge in [0.25, 0.3) is 0 Å². The molecule has 110 valence electrons. The van der Waals surface area contributed by atoms with Crippen LogP contribution in [-0.2, 0) is 4.79 Å². The SMILES string of the molecule is COc1ccc(SCC(=O)Nc2ccc(C)cc2F)cc1. The van der Waals surface area contributed by atoms with Crippen LogP contribution in [0.3, 0.4) is 0 Å². The largest absolute Gasteiger partial charge is 0.497 e. The second kappa shape index (κ2) is 7.13. The maximum Gasteiger partial charge on any atom is 0.234 e. The highest BCUT2D eigenvalue weighted by Crippen LogP contribution is 2.22. The molecule has 0 bridgehead atoms. The highest BCUT2D eigenvalue weighted by Gasteiger charge is 2.07. The molecular formula is C16H16FNO2S. The third-order valence-electron chi connectivity index (χ3n) is 2.83. The number of thioether (sulfide) groups is 1. The summed E-state index contributed by atoms with van der Waals surface area (Å²) in [6.07, 6.45) is 0. The van der Waals surface area contributed by atoms with E-state index in [1.165, 1.54) is 17.8 Å². The lowest BCUT2D eigenvalue weighted by Crippen LogP contribution is -2.15. The normalized spacial score (nSPS) is 10.2. The van der Waals surface area contributed by atoms with Crippen LogP contribution >= 0.6 is 11.8 Å². The first kappa shape index (κ1) is 15.4. The van der Waals surface area contributed by atoms with Crippen molar-refractivity contribution in [3.63, 3.8) is 0 Å². The first-order valence-corrected chi connectivity index (χ1v) is 7.40. The molecule has 2 aromatic carbocycles. The quantitative estimate of drug-likeness (QED) is 0.852. The third kappa shape index (κ3) is 4.49. The smallest absolute Gasteiger partial charge is 0.234 e. The maximum absolute atomic E-state index is 13.6. The van der Waals surface area contributed by atoms with Crippen molar-refractivity contribution in [2.24, 2.45) is 0 Å². The predicted molar refractivity (Wildman–Crippen MR) is 83.5 cm³/mol. The summed E-state index contributed by atoms with van der Waals surface area (Å²) in [7, 11) is 1.60. The van der Waals surface area contributed by atoms with Gasteiger partial charge in [-0.15, -0.1) is 11.8 Å². The van der Waals surface area contributed by atoms with Gasteiger partial charge in [0.2, 0.25) is 5.91 Å². The van der Waals surface area contributed by atoms with E-state index in [0.717, 1.165) is 16.2 Å².